The molecule has 0 aliphatic carbocycles. The molecule has 0 aliphatic heterocycles. The molecule has 0 atom stereocenters. The third kappa shape index (κ3) is 2.03. The molecule has 14 heavy (non-hydrogen) atoms. The maximum absolute atomic E-state index is 11.3. The van der Waals surface area contributed by atoms with E-state index in [0.717, 1.165) is 12.4 Å². The van der Waals surface area contributed by atoms with Gasteiger partial charge in [0.1, 0.15) is 5.69 Å². The molecule has 0 spiro atoms. The summed E-state index contributed by atoms with van der Waals surface area (Å²) in [7, 11) is 3.16. The van der Waals surface area contributed by atoms with Gasteiger partial charge in [0, 0.05) is 14.1 Å². The zero-order chi connectivity index (χ0) is 10.7. The molecule has 0 saturated carbocycles. The Bertz CT molecular complexity index is 359. The Hall–Kier alpha value is -1.98. The summed E-state index contributed by atoms with van der Waals surface area (Å²) in [6.45, 7) is 0. The number of amides is 1. The third-order valence-corrected chi connectivity index (χ3v) is 1.50. The predicted octanol–water partition coefficient (Wildman–Crippen LogP) is -0.123. The van der Waals surface area contributed by atoms with Gasteiger partial charge in [0.15, 0.2) is 5.69 Å². The highest BCUT2D eigenvalue weighted by molar-refractivity contribution is 5.92. The Morgan fingerprint density at radius 3 is 2.07 bits per heavy atom. The Morgan fingerprint density at radius 2 is 1.71 bits per heavy atom. The monoisotopic (exact) mass is 195 g/mol. The zero-order valence-electron chi connectivity index (χ0n) is 7.76. The molecule has 1 amide bonds. The van der Waals surface area contributed by atoms with Crippen LogP contribution in [0, 0.1) is 0 Å². The Balaban J connectivity index is 2.94. The van der Waals surface area contributed by atoms with Gasteiger partial charge in [-0.05, 0) is 0 Å². The number of carbonyl (C=O) groups excluding carboxylic acids is 1. The van der Waals surface area contributed by atoms with Crippen molar-refractivity contribution in [3.8, 4) is 0 Å². The number of carbonyl (C=O) groups is 2. The van der Waals surface area contributed by atoms with Crippen LogP contribution in [0.15, 0.2) is 12.4 Å². The van der Waals surface area contributed by atoms with Gasteiger partial charge in [-0.3, -0.25) is 4.79 Å². The summed E-state index contributed by atoms with van der Waals surface area (Å²) < 4.78 is 0. The van der Waals surface area contributed by atoms with E-state index in [4.69, 9.17) is 5.11 Å². The van der Waals surface area contributed by atoms with E-state index in [1.54, 1.807) is 14.1 Å². The summed E-state index contributed by atoms with van der Waals surface area (Å²) in [5, 5.41) is 8.53. The minimum absolute atomic E-state index is 0.125. The maximum Gasteiger partial charge on any atom is 0.356 e. The van der Waals surface area contributed by atoms with Crippen LogP contribution in [0.5, 0.6) is 0 Å². The maximum atomic E-state index is 11.3. The summed E-state index contributed by atoms with van der Waals surface area (Å²) in [4.78, 5) is 30.3. The lowest BCUT2D eigenvalue weighted by Gasteiger charge is -2.08. The minimum Gasteiger partial charge on any atom is -0.476 e. The average Bonchev–Trinajstić information content (AvgIpc) is 2.16. The second-order valence-corrected chi connectivity index (χ2v) is 2.79. The Morgan fingerprint density at radius 1 is 1.21 bits per heavy atom. The first-order valence-corrected chi connectivity index (χ1v) is 3.79. The highest BCUT2D eigenvalue weighted by Gasteiger charge is 2.11. The van der Waals surface area contributed by atoms with Crippen molar-refractivity contribution in [1.82, 2.24) is 14.9 Å². The number of carboxylic acids is 1. The van der Waals surface area contributed by atoms with Crippen molar-refractivity contribution < 1.29 is 14.7 Å². The largest absolute Gasteiger partial charge is 0.476 e. The third-order valence-electron chi connectivity index (χ3n) is 1.50. The van der Waals surface area contributed by atoms with E-state index in [9.17, 15) is 9.59 Å². The van der Waals surface area contributed by atoms with Crippen molar-refractivity contribution in [2.24, 2.45) is 0 Å². The fourth-order valence-electron chi connectivity index (χ4n) is 0.778. The molecule has 0 radical (unpaired) electrons. The first-order valence-electron chi connectivity index (χ1n) is 3.79. The van der Waals surface area contributed by atoms with Gasteiger partial charge in [0.05, 0.1) is 12.4 Å². The number of rotatable bonds is 2. The molecule has 6 nitrogen and oxygen atoms in total. The van der Waals surface area contributed by atoms with Gasteiger partial charge in [-0.2, -0.15) is 0 Å². The standard InChI is InChI=1S/C8H9N3O3/c1-11(2)7(12)5-3-10-6(4-9-5)8(13)14/h3-4H,1-2H3,(H,13,14). The second-order valence-electron chi connectivity index (χ2n) is 2.79. The van der Waals surface area contributed by atoms with E-state index in [1.807, 2.05) is 0 Å². The van der Waals surface area contributed by atoms with Crippen molar-refractivity contribution in [3.05, 3.63) is 23.8 Å². The molecular formula is C8H9N3O3. The first-order chi connectivity index (χ1) is 6.52. The lowest BCUT2D eigenvalue weighted by molar-refractivity contribution is 0.0688. The van der Waals surface area contributed by atoms with Crippen LogP contribution >= 0.6 is 0 Å². The molecule has 0 aromatic carbocycles. The molecular weight excluding hydrogens is 186 g/mol. The van der Waals surface area contributed by atoms with Crippen molar-refractivity contribution in [3.63, 3.8) is 0 Å². The lowest BCUT2D eigenvalue weighted by Crippen LogP contribution is -2.23. The molecule has 1 heterocycles. The fourth-order valence-corrected chi connectivity index (χ4v) is 0.778. The number of nitrogens with zero attached hydrogens (tertiary/aromatic N) is 3. The highest BCUT2D eigenvalue weighted by atomic mass is 16.4. The van der Waals surface area contributed by atoms with E-state index >= 15 is 0 Å². The number of hydrogen-bond donors (Lipinski definition) is 1. The molecule has 1 aromatic heterocycles. The zero-order valence-corrected chi connectivity index (χ0v) is 7.76. The number of carboxylic acid groups (broad SMARTS) is 1. The number of aromatic carboxylic acids is 1. The van der Waals surface area contributed by atoms with Gasteiger partial charge in [0.25, 0.3) is 5.91 Å². The smallest absolute Gasteiger partial charge is 0.356 e. The molecule has 74 valence electrons. The molecule has 0 unspecified atom stereocenters. The van der Waals surface area contributed by atoms with Crippen LogP contribution in [0.1, 0.15) is 21.0 Å². The number of hydrogen-bond acceptors (Lipinski definition) is 4. The van der Waals surface area contributed by atoms with Gasteiger partial charge in [-0.1, -0.05) is 0 Å². The average molecular weight is 195 g/mol. The second kappa shape index (κ2) is 3.82. The minimum atomic E-state index is -1.17. The van der Waals surface area contributed by atoms with E-state index in [-0.39, 0.29) is 17.3 Å². The summed E-state index contributed by atoms with van der Waals surface area (Å²) in [5.41, 5.74) is -0.0553. The van der Waals surface area contributed by atoms with Gasteiger partial charge in [-0.15, -0.1) is 0 Å². The van der Waals surface area contributed by atoms with Crippen LogP contribution in [0.25, 0.3) is 0 Å². The number of aromatic nitrogens is 2. The van der Waals surface area contributed by atoms with Gasteiger partial charge in [0.2, 0.25) is 0 Å². The Kier molecular flexibility index (Phi) is 2.76. The van der Waals surface area contributed by atoms with Gasteiger partial charge < -0.3 is 10.0 Å². The van der Waals surface area contributed by atoms with Crippen LogP contribution in [0.2, 0.25) is 0 Å². The molecule has 1 aromatic rings. The van der Waals surface area contributed by atoms with Crippen LogP contribution in [-0.2, 0) is 0 Å². The molecule has 1 rings (SSSR count). The van der Waals surface area contributed by atoms with Crippen molar-refractivity contribution >= 4 is 11.9 Å². The van der Waals surface area contributed by atoms with Crippen LogP contribution < -0.4 is 0 Å². The fraction of sp³-hybridized carbons (Fsp3) is 0.250. The van der Waals surface area contributed by atoms with Crippen LogP contribution in [0.4, 0.5) is 0 Å². The highest BCUT2D eigenvalue weighted by Crippen LogP contribution is 1.98. The summed E-state index contributed by atoms with van der Waals surface area (Å²) >= 11 is 0. The van der Waals surface area contributed by atoms with Crippen molar-refractivity contribution in [2.45, 2.75) is 0 Å². The van der Waals surface area contributed by atoms with E-state index in [0.29, 0.717) is 0 Å². The van der Waals surface area contributed by atoms with Crippen molar-refractivity contribution in [2.75, 3.05) is 14.1 Å². The van der Waals surface area contributed by atoms with E-state index in [1.165, 1.54) is 4.90 Å². The topological polar surface area (TPSA) is 83.4 Å². The summed E-state index contributed by atoms with van der Waals surface area (Å²) in [5.74, 6) is -1.48. The quantitative estimate of drug-likeness (QED) is 0.711. The summed E-state index contributed by atoms with van der Waals surface area (Å²) in [6.07, 6.45) is 2.20. The normalized spacial score (nSPS) is 9.57. The van der Waals surface area contributed by atoms with Gasteiger partial charge in [-0.25, -0.2) is 14.8 Å². The molecule has 0 saturated heterocycles. The Labute approximate surface area is 80.2 Å². The first kappa shape index (κ1) is 10.1. The van der Waals surface area contributed by atoms with Crippen LogP contribution in [0.3, 0.4) is 0 Å². The van der Waals surface area contributed by atoms with Crippen molar-refractivity contribution in [1.29, 1.82) is 0 Å². The SMILES string of the molecule is CN(C)C(=O)c1cnc(C(=O)O)cn1. The molecule has 0 fully saturated rings. The van der Waals surface area contributed by atoms with E-state index in [2.05, 4.69) is 9.97 Å². The molecule has 6 heteroatoms. The molecule has 0 bridgehead atoms. The van der Waals surface area contributed by atoms with E-state index < -0.39 is 5.97 Å². The summed E-state index contributed by atoms with van der Waals surface area (Å²) in [6, 6.07) is 0. The lowest BCUT2D eigenvalue weighted by atomic mass is 10.4. The van der Waals surface area contributed by atoms with Crippen LogP contribution in [-0.4, -0.2) is 45.9 Å². The van der Waals surface area contributed by atoms with Gasteiger partial charge >= 0.3 is 5.97 Å². The predicted molar refractivity (Wildman–Crippen MR) is 47.0 cm³/mol. The molecule has 0 aliphatic rings. The molecule has 1 N–H and O–H groups in total.